The summed E-state index contributed by atoms with van der Waals surface area (Å²) >= 11 is 0. The van der Waals surface area contributed by atoms with E-state index in [-0.39, 0.29) is 24.3 Å². The summed E-state index contributed by atoms with van der Waals surface area (Å²) in [6, 6.07) is 5.19. The lowest BCUT2D eigenvalue weighted by molar-refractivity contribution is -0.137. The van der Waals surface area contributed by atoms with Gasteiger partial charge in [-0.25, -0.2) is 9.18 Å². The lowest BCUT2D eigenvalue weighted by Crippen LogP contribution is -2.39. The van der Waals surface area contributed by atoms with Crippen molar-refractivity contribution in [1.29, 1.82) is 0 Å². The van der Waals surface area contributed by atoms with Crippen molar-refractivity contribution in [2.45, 2.75) is 18.9 Å². The number of benzene rings is 1. The van der Waals surface area contributed by atoms with Gasteiger partial charge >= 0.3 is 12.0 Å². The van der Waals surface area contributed by atoms with Crippen LogP contribution in [0.4, 0.5) is 14.9 Å². The molecule has 21 heavy (non-hydrogen) atoms. The number of amides is 2. The molecule has 0 bridgehead atoms. The zero-order valence-electron chi connectivity index (χ0n) is 11.5. The average molecular weight is 295 g/mol. The molecular weight excluding hydrogens is 277 g/mol. The molecule has 2 rings (SSSR count). The summed E-state index contributed by atoms with van der Waals surface area (Å²) < 4.78 is 12.7. The van der Waals surface area contributed by atoms with Crippen LogP contribution >= 0.6 is 0 Å². The van der Waals surface area contributed by atoms with Gasteiger partial charge in [-0.15, -0.1) is 0 Å². The van der Waals surface area contributed by atoms with Crippen molar-refractivity contribution in [3.63, 3.8) is 0 Å². The molecule has 1 aromatic rings. The van der Waals surface area contributed by atoms with E-state index in [2.05, 4.69) is 10.6 Å². The molecule has 1 atom stereocenters. The fraction of sp³-hybridized carbons (Fsp3) is 0.429. The van der Waals surface area contributed by atoms with Gasteiger partial charge < -0.3 is 20.6 Å². The smallest absolute Gasteiger partial charge is 0.319 e. The number of carboxylic acid groups (broad SMARTS) is 1. The van der Waals surface area contributed by atoms with E-state index < -0.39 is 5.97 Å². The van der Waals surface area contributed by atoms with E-state index in [4.69, 9.17) is 5.11 Å². The molecule has 1 aliphatic heterocycles. The van der Waals surface area contributed by atoms with Gasteiger partial charge in [0, 0.05) is 31.4 Å². The maximum Gasteiger partial charge on any atom is 0.319 e. The van der Waals surface area contributed by atoms with E-state index in [9.17, 15) is 14.0 Å². The van der Waals surface area contributed by atoms with Gasteiger partial charge in [-0.3, -0.25) is 4.79 Å². The molecule has 1 fully saturated rings. The van der Waals surface area contributed by atoms with Crippen molar-refractivity contribution in [2.75, 3.05) is 25.0 Å². The van der Waals surface area contributed by atoms with Crippen LogP contribution in [-0.4, -0.2) is 47.7 Å². The minimum Gasteiger partial charge on any atom is -0.481 e. The molecule has 0 aromatic heterocycles. The highest BCUT2D eigenvalue weighted by atomic mass is 19.1. The molecule has 0 radical (unpaired) electrons. The van der Waals surface area contributed by atoms with E-state index >= 15 is 0 Å². The number of halogens is 1. The largest absolute Gasteiger partial charge is 0.481 e. The van der Waals surface area contributed by atoms with Crippen LogP contribution in [0.2, 0.25) is 0 Å². The number of hydrogen-bond donors (Lipinski definition) is 3. The van der Waals surface area contributed by atoms with Crippen LogP contribution in [0, 0.1) is 5.82 Å². The third kappa shape index (κ3) is 5.03. The Morgan fingerprint density at radius 2 is 2.05 bits per heavy atom. The number of hydrogen-bond acceptors (Lipinski definition) is 3. The Balaban J connectivity index is 1.73. The van der Waals surface area contributed by atoms with Crippen molar-refractivity contribution in [3.05, 3.63) is 30.1 Å². The number of nitrogens with zero attached hydrogens (tertiary/aromatic N) is 1. The Hall–Kier alpha value is -2.15. The van der Waals surface area contributed by atoms with Crippen LogP contribution in [0.25, 0.3) is 0 Å². The fourth-order valence-corrected chi connectivity index (χ4v) is 2.29. The summed E-state index contributed by atoms with van der Waals surface area (Å²) in [5, 5.41) is 14.1. The number of carbonyl (C=O) groups is 2. The van der Waals surface area contributed by atoms with E-state index in [1.807, 2.05) is 4.90 Å². The number of aliphatic carboxylic acids is 1. The third-order valence-corrected chi connectivity index (χ3v) is 3.35. The average Bonchev–Trinajstić information content (AvgIpc) is 2.86. The zero-order chi connectivity index (χ0) is 15.2. The summed E-state index contributed by atoms with van der Waals surface area (Å²) in [5.74, 6) is -1.17. The van der Waals surface area contributed by atoms with Crippen molar-refractivity contribution in [1.82, 2.24) is 10.2 Å². The van der Waals surface area contributed by atoms with Gasteiger partial charge in [-0.1, -0.05) is 0 Å². The van der Waals surface area contributed by atoms with Crippen molar-refractivity contribution in [2.24, 2.45) is 0 Å². The molecule has 3 N–H and O–H groups in total. The van der Waals surface area contributed by atoms with Crippen LogP contribution in [0.3, 0.4) is 0 Å². The minimum absolute atomic E-state index is 0.000701. The highest BCUT2D eigenvalue weighted by Gasteiger charge is 2.23. The van der Waals surface area contributed by atoms with Gasteiger partial charge in [0.05, 0.1) is 6.42 Å². The Morgan fingerprint density at radius 1 is 1.33 bits per heavy atom. The highest BCUT2D eigenvalue weighted by Crippen LogP contribution is 2.11. The first-order chi connectivity index (χ1) is 10.0. The summed E-state index contributed by atoms with van der Waals surface area (Å²) in [6.07, 6.45) is 0.894. The molecule has 1 aromatic carbocycles. The van der Waals surface area contributed by atoms with E-state index in [1.54, 1.807) is 0 Å². The number of likely N-dealkylation sites (tertiary alicyclic amines) is 1. The molecule has 0 saturated carbocycles. The topological polar surface area (TPSA) is 81.7 Å². The maximum atomic E-state index is 12.7. The quantitative estimate of drug-likeness (QED) is 0.769. The molecule has 1 aliphatic rings. The van der Waals surface area contributed by atoms with Crippen LogP contribution < -0.4 is 10.6 Å². The molecule has 1 saturated heterocycles. The second-order valence-electron chi connectivity index (χ2n) is 5.04. The minimum atomic E-state index is -0.819. The summed E-state index contributed by atoms with van der Waals surface area (Å²) in [7, 11) is 0. The number of carboxylic acids is 1. The lowest BCUT2D eigenvalue weighted by atomic mass is 10.3. The molecule has 6 nitrogen and oxygen atoms in total. The molecule has 7 heteroatoms. The van der Waals surface area contributed by atoms with E-state index in [1.165, 1.54) is 24.3 Å². The van der Waals surface area contributed by atoms with Gasteiger partial charge in [-0.05, 0) is 30.7 Å². The number of urea groups is 1. The molecular formula is C14H18FN3O3. The van der Waals surface area contributed by atoms with Crippen LogP contribution in [0.5, 0.6) is 0 Å². The Labute approximate surface area is 121 Å². The Bertz CT molecular complexity index is 507. The van der Waals surface area contributed by atoms with Crippen molar-refractivity contribution < 1.29 is 19.1 Å². The predicted octanol–water partition coefficient (Wildman–Crippen LogP) is 1.50. The second-order valence-corrected chi connectivity index (χ2v) is 5.04. The standard InChI is InChI=1S/C14H18FN3O3/c15-10-1-3-11(4-2-10)16-14(21)17-12-5-7-18(9-12)8-6-13(19)20/h1-4,12H,5-9H2,(H,19,20)(H2,16,17,21). The third-order valence-electron chi connectivity index (χ3n) is 3.35. The molecule has 0 spiro atoms. The predicted molar refractivity (Wildman–Crippen MR) is 75.7 cm³/mol. The Morgan fingerprint density at radius 3 is 2.71 bits per heavy atom. The van der Waals surface area contributed by atoms with Crippen LogP contribution in [0.15, 0.2) is 24.3 Å². The number of carbonyl (C=O) groups excluding carboxylic acids is 1. The molecule has 0 aliphatic carbocycles. The van der Waals surface area contributed by atoms with Crippen molar-refractivity contribution in [3.8, 4) is 0 Å². The van der Waals surface area contributed by atoms with E-state index in [0.29, 0.717) is 18.8 Å². The van der Waals surface area contributed by atoms with Gasteiger partial charge in [0.1, 0.15) is 5.82 Å². The van der Waals surface area contributed by atoms with Gasteiger partial charge in [0.2, 0.25) is 0 Å². The number of nitrogens with one attached hydrogen (secondary N) is 2. The van der Waals surface area contributed by atoms with Crippen molar-refractivity contribution >= 4 is 17.7 Å². The summed E-state index contributed by atoms with van der Waals surface area (Å²) in [5.41, 5.74) is 0.523. The summed E-state index contributed by atoms with van der Waals surface area (Å²) in [4.78, 5) is 24.3. The monoisotopic (exact) mass is 295 g/mol. The van der Waals surface area contributed by atoms with Crippen LogP contribution in [-0.2, 0) is 4.79 Å². The van der Waals surface area contributed by atoms with Gasteiger partial charge in [-0.2, -0.15) is 0 Å². The Kier molecular flexibility index (Phi) is 5.10. The SMILES string of the molecule is O=C(O)CCN1CCC(NC(=O)Nc2ccc(F)cc2)C1. The zero-order valence-corrected chi connectivity index (χ0v) is 11.5. The molecule has 1 heterocycles. The van der Waals surface area contributed by atoms with Gasteiger partial charge in [0.25, 0.3) is 0 Å². The number of anilines is 1. The number of rotatable bonds is 5. The first-order valence-electron chi connectivity index (χ1n) is 6.80. The maximum absolute atomic E-state index is 12.7. The lowest BCUT2D eigenvalue weighted by Gasteiger charge is -2.16. The molecule has 2 amide bonds. The van der Waals surface area contributed by atoms with Crippen LogP contribution in [0.1, 0.15) is 12.8 Å². The van der Waals surface area contributed by atoms with Gasteiger partial charge in [0.15, 0.2) is 0 Å². The summed E-state index contributed by atoms with van der Waals surface area (Å²) in [6.45, 7) is 1.91. The first kappa shape index (κ1) is 15.2. The van der Waals surface area contributed by atoms with E-state index in [0.717, 1.165) is 13.0 Å². The highest BCUT2D eigenvalue weighted by molar-refractivity contribution is 5.89. The first-order valence-corrected chi connectivity index (χ1v) is 6.80. The molecule has 114 valence electrons. The second kappa shape index (κ2) is 7.03. The fourth-order valence-electron chi connectivity index (χ4n) is 2.29. The molecule has 1 unspecified atom stereocenters. The normalized spacial score (nSPS) is 18.4.